The minimum absolute atomic E-state index is 0.0230. The van der Waals surface area contributed by atoms with E-state index < -0.39 is 5.92 Å². The zero-order valence-corrected chi connectivity index (χ0v) is 17.7. The second-order valence-corrected chi connectivity index (χ2v) is 8.28. The molecule has 1 fully saturated rings. The highest BCUT2D eigenvalue weighted by Gasteiger charge is 2.33. The van der Waals surface area contributed by atoms with Crippen molar-refractivity contribution in [2.24, 2.45) is 0 Å². The normalized spacial score (nSPS) is 19.5. The summed E-state index contributed by atoms with van der Waals surface area (Å²) >= 11 is 0. The van der Waals surface area contributed by atoms with Gasteiger partial charge >= 0.3 is 0 Å². The highest BCUT2D eigenvalue weighted by Crippen LogP contribution is 2.19. The first-order valence-corrected chi connectivity index (χ1v) is 11.0. The van der Waals surface area contributed by atoms with Crippen LogP contribution in [0.3, 0.4) is 0 Å². The van der Waals surface area contributed by atoms with Crippen LogP contribution < -0.4 is 9.80 Å². The van der Waals surface area contributed by atoms with E-state index in [2.05, 4.69) is 66.7 Å². The number of nitrogens with one attached hydrogen (secondary N) is 2. The highest BCUT2D eigenvalue weighted by atomic mass is 16.1. The molecule has 156 valence electrons. The number of hydrogen-bond donors (Lipinski definition) is 2. The molecule has 0 unspecified atom stereocenters. The third-order valence-corrected chi connectivity index (χ3v) is 6.28. The highest BCUT2D eigenvalue weighted by molar-refractivity contribution is 5.89. The number of Topliss-reactive ketones (excluding diaryl/α,β-unsaturated/α-hetero) is 1. The van der Waals surface area contributed by atoms with Gasteiger partial charge < -0.3 is 9.80 Å². The van der Waals surface area contributed by atoms with E-state index >= 15 is 0 Å². The van der Waals surface area contributed by atoms with Crippen LogP contribution in [0.1, 0.15) is 28.7 Å². The lowest BCUT2D eigenvalue weighted by Crippen LogP contribution is -3.28. The number of nitriles is 1. The molecule has 0 bridgehead atoms. The monoisotopic (exact) mass is 411 g/mol. The zero-order chi connectivity index (χ0) is 21.5. The van der Waals surface area contributed by atoms with Gasteiger partial charge in [0.05, 0.1) is 6.07 Å². The summed E-state index contributed by atoms with van der Waals surface area (Å²) in [6.45, 7) is 4.29. The van der Waals surface area contributed by atoms with Gasteiger partial charge in [-0.05, 0) is 5.56 Å². The Morgan fingerprint density at radius 3 is 1.65 bits per heavy atom. The Kier molecular flexibility index (Phi) is 6.89. The summed E-state index contributed by atoms with van der Waals surface area (Å²) in [5.41, 5.74) is 3.46. The molecule has 1 heterocycles. The number of rotatable bonds is 7. The molecule has 3 aromatic rings. The van der Waals surface area contributed by atoms with Gasteiger partial charge in [-0.3, -0.25) is 4.79 Å². The van der Waals surface area contributed by atoms with E-state index in [0.29, 0.717) is 12.6 Å². The van der Waals surface area contributed by atoms with Crippen LogP contribution in [-0.2, 0) is 4.79 Å². The summed E-state index contributed by atoms with van der Waals surface area (Å²) in [5, 5.41) is 9.56. The number of hydrogen-bond acceptors (Lipinski definition) is 2. The van der Waals surface area contributed by atoms with Crippen molar-refractivity contribution >= 4 is 5.78 Å². The third-order valence-electron chi connectivity index (χ3n) is 6.28. The minimum Gasteiger partial charge on any atom is -0.319 e. The molecule has 0 amide bonds. The molecule has 0 radical (unpaired) electrons. The van der Waals surface area contributed by atoms with Gasteiger partial charge in [0.15, 0.2) is 0 Å². The van der Waals surface area contributed by atoms with Crippen LogP contribution in [0.4, 0.5) is 0 Å². The van der Waals surface area contributed by atoms with E-state index in [1.54, 1.807) is 0 Å². The largest absolute Gasteiger partial charge is 0.319 e. The number of benzene rings is 3. The number of nitrogens with zero attached hydrogens (tertiary/aromatic N) is 1. The van der Waals surface area contributed by atoms with Gasteiger partial charge in [-0.1, -0.05) is 91.0 Å². The Labute approximate surface area is 184 Å². The van der Waals surface area contributed by atoms with Gasteiger partial charge in [-0.15, -0.1) is 0 Å². The van der Waals surface area contributed by atoms with Crippen molar-refractivity contribution in [1.82, 2.24) is 0 Å². The lowest BCUT2D eigenvalue weighted by Gasteiger charge is -2.35. The molecular formula is C27H29N3O+2. The predicted molar refractivity (Wildman–Crippen MR) is 121 cm³/mol. The first kappa shape index (κ1) is 21.0. The molecule has 4 rings (SSSR count). The molecule has 0 spiro atoms. The maximum absolute atomic E-state index is 12.9. The summed E-state index contributed by atoms with van der Waals surface area (Å²) in [6, 6.07) is 33.3. The SMILES string of the molecule is N#C[C@H](C(=O)C[NH+]1CC[NH+](C(c2ccccc2)c2ccccc2)CC1)c1ccccc1. The molecule has 1 atom stereocenters. The van der Waals surface area contributed by atoms with Crippen LogP contribution in [0.5, 0.6) is 0 Å². The number of carbonyl (C=O) groups is 1. The third kappa shape index (κ3) is 5.08. The van der Waals surface area contributed by atoms with Gasteiger partial charge in [-0.2, -0.15) is 5.26 Å². The lowest BCUT2D eigenvalue weighted by molar-refractivity contribution is -1.02. The minimum atomic E-state index is -0.666. The van der Waals surface area contributed by atoms with Crippen molar-refractivity contribution in [3.05, 3.63) is 108 Å². The van der Waals surface area contributed by atoms with Crippen molar-refractivity contribution < 1.29 is 14.6 Å². The maximum atomic E-state index is 12.9. The van der Waals surface area contributed by atoms with E-state index in [0.717, 1.165) is 31.7 Å². The fourth-order valence-electron chi connectivity index (χ4n) is 4.67. The second kappa shape index (κ2) is 10.2. The van der Waals surface area contributed by atoms with Crippen molar-refractivity contribution in [2.45, 2.75) is 12.0 Å². The van der Waals surface area contributed by atoms with Gasteiger partial charge in [0, 0.05) is 11.1 Å². The quantitative estimate of drug-likeness (QED) is 0.618. The van der Waals surface area contributed by atoms with Crippen LogP contribution in [-0.4, -0.2) is 38.5 Å². The first-order chi connectivity index (χ1) is 15.3. The second-order valence-electron chi connectivity index (χ2n) is 8.28. The molecule has 1 aliphatic rings. The molecule has 0 aromatic heterocycles. The fourth-order valence-corrected chi connectivity index (χ4v) is 4.67. The summed E-state index contributed by atoms with van der Waals surface area (Å²) < 4.78 is 0. The number of carbonyl (C=O) groups excluding carboxylic acids is 1. The Bertz CT molecular complexity index is 967. The van der Waals surface area contributed by atoms with Crippen LogP contribution in [0.15, 0.2) is 91.0 Å². The lowest BCUT2D eigenvalue weighted by atomic mass is 9.95. The van der Waals surface area contributed by atoms with E-state index in [1.807, 2.05) is 30.3 Å². The van der Waals surface area contributed by atoms with Gasteiger partial charge in [-0.25, -0.2) is 0 Å². The summed E-state index contributed by atoms with van der Waals surface area (Å²) in [5.74, 6) is -0.643. The molecule has 0 saturated carbocycles. The molecule has 1 aliphatic heterocycles. The molecule has 4 nitrogen and oxygen atoms in total. The standard InChI is InChI=1S/C27H27N3O/c28-20-25(22-10-4-1-5-11-22)26(31)21-29-16-18-30(19-17-29)27(23-12-6-2-7-13-23)24-14-8-3-9-15-24/h1-15,25,27H,16-19,21H2/p+2/t25-/m0/s1. The molecule has 31 heavy (non-hydrogen) atoms. The molecule has 1 saturated heterocycles. The summed E-state index contributed by atoms with van der Waals surface area (Å²) in [7, 11) is 0. The average Bonchev–Trinajstić information content (AvgIpc) is 2.83. The smallest absolute Gasteiger partial charge is 0.208 e. The van der Waals surface area contributed by atoms with Crippen LogP contribution >= 0.6 is 0 Å². The van der Waals surface area contributed by atoms with Crippen molar-refractivity contribution in [2.75, 3.05) is 32.7 Å². The van der Waals surface area contributed by atoms with E-state index in [-0.39, 0.29) is 5.78 Å². The summed E-state index contributed by atoms with van der Waals surface area (Å²) in [6.07, 6.45) is 0. The van der Waals surface area contributed by atoms with Crippen LogP contribution in [0.25, 0.3) is 0 Å². The average molecular weight is 412 g/mol. The molecular weight excluding hydrogens is 382 g/mol. The molecule has 0 aliphatic carbocycles. The number of ketones is 1. The number of piperazine rings is 1. The molecule has 4 heteroatoms. The molecule has 3 aromatic carbocycles. The van der Waals surface area contributed by atoms with Gasteiger partial charge in [0.25, 0.3) is 0 Å². The van der Waals surface area contributed by atoms with Gasteiger partial charge in [0.2, 0.25) is 5.78 Å². The first-order valence-electron chi connectivity index (χ1n) is 11.0. The van der Waals surface area contributed by atoms with E-state index in [1.165, 1.54) is 20.9 Å². The van der Waals surface area contributed by atoms with Crippen molar-refractivity contribution in [1.29, 1.82) is 5.26 Å². The summed E-state index contributed by atoms with van der Waals surface area (Å²) in [4.78, 5) is 15.7. The number of quaternary nitrogens is 2. The van der Waals surface area contributed by atoms with Crippen molar-refractivity contribution in [3.63, 3.8) is 0 Å². The van der Waals surface area contributed by atoms with Gasteiger partial charge in [0.1, 0.15) is 44.7 Å². The predicted octanol–water partition coefficient (Wildman–Crippen LogP) is 1.44. The fraction of sp³-hybridized carbons (Fsp3) is 0.259. The van der Waals surface area contributed by atoms with Crippen LogP contribution in [0.2, 0.25) is 0 Å². The topological polar surface area (TPSA) is 49.7 Å². The Hall–Kier alpha value is -3.26. The zero-order valence-electron chi connectivity index (χ0n) is 17.7. The molecule has 2 N–H and O–H groups in total. The van der Waals surface area contributed by atoms with E-state index in [9.17, 15) is 10.1 Å². The maximum Gasteiger partial charge on any atom is 0.208 e. The Morgan fingerprint density at radius 1 is 0.742 bits per heavy atom. The Morgan fingerprint density at radius 2 is 1.19 bits per heavy atom. The van der Waals surface area contributed by atoms with Crippen molar-refractivity contribution in [3.8, 4) is 6.07 Å². The van der Waals surface area contributed by atoms with Crippen LogP contribution in [0, 0.1) is 11.3 Å². The van der Waals surface area contributed by atoms with E-state index in [4.69, 9.17) is 0 Å². The Balaban J connectivity index is 1.42.